The van der Waals surface area contributed by atoms with Gasteiger partial charge >= 0.3 is 0 Å². The Kier molecular flexibility index (Phi) is 6.01. The third-order valence-corrected chi connectivity index (χ3v) is 1.78. The van der Waals surface area contributed by atoms with Gasteiger partial charge in [0.15, 0.2) is 0 Å². The van der Waals surface area contributed by atoms with E-state index >= 15 is 0 Å². The maximum absolute atomic E-state index is 8.72. The molecule has 4 heteroatoms. The maximum atomic E-state index is 8.72. The summed E-state index contributed by atoms with van der Waals surface area (Å²) in [5, 5.41) is 13.0. The third-order valence-electron chi connectivity index (χ3n) is 1.78. The third kappa shape index (κ3) is 3.49. The normalized spacial score (nSPS) is 10.2. The standard InChI is InChI=1S/C9H15N2O.Y/c1-7(2)9-6-8(3)11(10-9)4-5-12;/h7,12H,4-5H2,1-3H3;/q-1;. The number of aromatic nitrogens is 2. The van der Waals surface area contributed by atoms with Crippen molar-refractivity contribution in [3.8, 4) is 0 Å². The molecule has 0 aromatic carbocycles. The number of aryl methyl sites for hydroxylation is 1. The van der Waals surface area contributed by atoms with E-state index in [4.69, 9.17) is 5.11 Å². The summed E-state index contributed by atoms with van der Waals surface area (Å²) in [5.74, 6) is 0.406. The van der Waals surface area contributed by atoms with Gasteiger partial charge in [-0.2, -0.15) is 0 Å². The molecular formula is C9H15N2OY-. The first-order chi connectivity index (χ1) is 5.65. The Morgan fingerprint density at radius 1 is 1.54 bits per heavy atom. The molecule has 1 aromatic heterocycles. The molecule has 0 aliphatic heterocycles. The van der Waals surface area contributed by atoms with Gasteiger partial charge in [0, 0.05) is 32.7 Å². The second-order valence-electron chi connectivity index (χ2n) is 3.20. The molecule has 0 fully saturated rings. The van der Waals surface area contributed by atoms with E-state index in [1.807, 2.05) is 6.92 Å². The Morgan fingerprint density at radius 3 is 2.54 bits per heavy atom. The van der Waals surface area contributed by atoms with E-state index in [1.54, 1.807) is 4.68 Å². The van der Waals surface area contributed by atoms with Crippen LogP contribution in [0.25, 0.3) is 0 Å². The first-order valence-corrected chi connectivity index (χ1v) is 4.22. The zero-order valence-electron chi connectivity index (χ0n) is 8.41. The van der Waals surface area contributed by atoms with Crippen LogP contribution in [0.2, 0.25) is 0 Å². The van der Waals surface area contributed by atoms with Gasteiger partial charge in [-0.1, -0.05) is 20.8 Å². The Morgan fingerprint density at radius 2 is 2.15 bits per heavy atom. The number of rotatable bonds is 3. The maximum Gasteiger partial charge on any atom is 0.0626 e. The molecule has 0 atom stereocenters. The Balaban J connectivity index is 0.00000144. The molecule has 0 amide bonds. The van der Waals surface area contributed by atoms with E-state index in [2.05, 4.69) is 25.0 Å². The van der Waals surface area contributed by atoms with Crippen LogP contribution in [0.15, 0.2) is 0 Å². The van der Waals surface area contributed by atoms with Gasteiger partial charge in [-0.3, -0.25) is 0 Å². The smallest absolute Gasteiger partial charge is 0.0626 e. The predicted octanol–water partition coefficient (Wildman–Crippen LogP) is 1.10. The molecule has 0 spiro atoms. The zero-order valence-corrected chi connectivity index (χ0v) is 11.2. The van der Waals surface area contributed by atoms with Crippen molar-refractivity contribution < 1.29 is 37.8 Å². The second-order valence-corrected chi connectivity index (χ2v) is 3.20. The number of nitrogens with zero attached hydrogens (tertiary/aromatic N) is 2. The Labute approximate surface area is 104 Å². The summed E-state index contributed by atoms with van der Waals surface area (Å²) in [5.41, 5.74) is 1.97. The van der Waals surface area contributed by atoms with E-state index in [1.165, 1.54) is 0 Å². The first kappa shape index (κ1) is 13.3. The fraction of sp³-hybridized carbons (Fsp3) is 0.667. The predicted molar refractivity (Wildman–Crippen MR) is 47.0 cm³/mol. The number of aliphatic hydroxyl groups excluding tert-OH is 1. The van der Waals surface area contributed by atoms with Crippen LogP contribution in [0.4, 0.5) is 0 Å². The molecule has 1 aromatic rings. The topological polar surface area (TPSA) is 38.0 Å². The van der Waals surface area contributed by atoms with Crippen LogP contribution >= 0.6 is 0 Å². The molecule has 0 aliphatic rings. The summed E-state index contributed by atoms with van der Waals surface area (Å²) < 4.78 is 1.79. The molecule has 1 rings (SSSR count). The van der Waals surface area contributed by atoms with Crippen molar-refractivity contribution in [3.05, 3.63) is 17.5 Å². The minimum Gasteiger partial charge on any atom is -0.425 e. The molecule has 1 radical (unpaired) electrons. The number of aliphatic hydroxyl groups is 1. The summed E-state index contributed by atoms with van der Waals surface area (Å²) >= 11 is 0. The molecule has 3 nitrogen and oxygen atoms in total. The summed E-state index contributed by atoms with van der Waals surface area (Å²) in [6.45, 7) is 6.82. The number of hydrogen-bond acceptors (Lipinski definition) is 2. The van der Waals surface area contributed by atoms with Crippen molar-refractivity contribution in [2.24, 2.45) is 0 Å². The number of hydrogen-bond donors (Lipinski definition) is 1. The minimum atomic E-state index is 0. The molecule has 1 heterocycles. The Hall–Kier alpha value is 0.274. The molecule has 0 bridgehead atoms. The van der Waals surface area contributed by atoms with Gasteiger partial charge in [-0.15, -0.1) is 11.4 Å². The first-order valence-electron chi connectivity index (χ1n) is 4.22. The average Bonchev–Trinajstić information content (AvgIpc) is 2.34. The molecular weight excluding hydrogens is 241 g/mol. The SMILES string of the molecule is Cc1[c-]c(C(C)C)nn1CCO.[Y]. The van der Waals surface area contributed by atoms with Crippen molar-refractivity contribution in [2.75, 3.05) is 6.61 Å². The van der Waals surface area contributed by atoms with Gasteiger partial charge in [0.25, 0.3) is 0 Å². The summed E-state index contributed by atoms with van der Waals surface area (Å²) in [4.78, 5) is 0. The van der Waals surface area contributed by atoms with Crippen LogP contribution in [0, 0.1) is 13.0 Å². The van der Waals surface area contributed by atoms with Gasteiger partial charge in [0.05, 0.1) is 13.2 Å². The van der Waals surface area contributed by atoms with Gasteiger partial charge < -0.3 is 15.9 Å². The van der Waals surface area contributed by atoms with Crippen molar-refractivity contribution in [3.63, 3.8) is 0 Å². The molecule has 13 heavy (non-hydrogen) atoms. The van der Waals surface area contributed by atoms with E-state index < -0.39 is 0 Å². The van der Waals surface area contributed by atoms with E-state index in [0.717, 1.165) is 11.4 Å². The fourth-order valence-electron chi connectivity index (χ4n) is 1.05. The average molecular weight is 256 g/mol. The molecule has 0 saturated carbocycles. The summed E-state index contributed by atoms with van der Waals surface area (Å²) in [7, 11) is 0. The minimum absolute atomic E-state index is 0. The van der Waals surface area contributed by atoms with Crippen molar-refractivity contribution in [1.82, 2.24) is 9.78 Å². The molecule has 0 aliphatic carbocycles. The Bertz CT molecular complexity index is 258. The van der Waals surface area contributed by atoms with Crippen LogP contribution in [0.1, 0.15) is 31.2 Å². The van der Waals surface area contributed by atoms with Crippen LogP contribution < -0.4 is 0 Å². The van der Waals surface area contributed by atoms with Crippen LogP contribution in [-0.4, -0.2) is 21.5 Å². The molecule has 71 valence electrons. The van der Waals surface area contributed by atoms with Gasteiger partial charge in [-0.05, 0) is 5.92 Å². The molecule has 1 N–H and O–H groups in total. The second kappa shape index (κ2) is 5.89. The van der Waals surface area contributed by atoms with E-state index in [9.17, 15) is 0 Å². The van der Waals surface area contributed by atoms with Crippen molar-refractivity contribution in [1.29, 1.82) is 0 Å². The zero-order chi connectivity index (χ0) is 9.14. The van der Waals surface area contributed by atoms with Crippen LogP contribution in [0.3, 0.4) is 0 Å². The van der Waals surface area contributed by atoms with Gasteiger partial charge in [0.2, 0.25) is 0 Å². The molecule has 0 saturated heterocycles. The van der Waals surface area contributed by atoms with Crippen molar-refractivity contribution in [2.45, 2.75) is 33.2 Å². The fourth-order valence-corrected chi connectivity index (χ4v) is 1.05. The van der Waals surface area contributed by atoms with Crippen LogP contribution in [-0.2, 0) is 39.3 Å². The monoisotopic (exact) mass is 256 g/mol. The van der Waals surface area contributed by atoms with Gasteiger partial charge in [-0.25, -0.2) is 5.10 Å². The molecule has 0 unspecified atom stereocenters. The summed E-state index contributed by atoms with van der Waals surface area (Å²) in [6, 6.07) is 3.17. The summed E-state index contributed by atoms with van der Waals surface area (Å²) in [6.07, 6.45) is 0. The van der Waals surface area contributed by atoms with Crippen molar-refractivity contribution >= 4 is 0 Å². The van der Waals surface area contributed by atoms with Gasteiger partial charge in [0.1, 0.15) is 0 Å². The van der Waals surface area contributed by atoms with Crippen LogP contribution in [0.5, 0.6) is 0 Å². The van der Waals surface area contributed by atoms with E-state index in [0.29, 0.717) is 12.5 Å². The quantitative estimate of drug-likeness (QED) is 0.822. The van der Waals surface area contributed by atoms with E-state index in [-0.39, 0.29) is 39.3 Å². The largest absolute Gasteiger partial charge is 0.425 e.